The summed E-state index contributed by atoms with van der Waals surface area (Å²) in [7, 11) is 0. The summed E-state index contributed by atoms with van der Waals surface area (Å²) in [4.78, 5) is 13.9. The van der Waals surface area contributed by atoms with Gasteiger partial charge in [0.15, 0.2) is 0 Å². The molecule has 0 saturated carbocycles. The van der Waals surface area contributed by atoms with Crippen LogP contribution in [0.25, 0.3) is 0 Å². The second kappa shape index (κ2) is 7.67. The molecule has 100 valence electrons. The molecule has 1 unspecified atom stereocenters. The molecule has 1 aliphatic heterocycles. The van der Waals surface area contributed by atoms with Gasteiger partial charge in [0, 0.05) is 25.2 Å². The first-order chi connectivity index (χ1) is 8.13. The van der Waals surface area contributed by atoms with Crippen molar-refractivity contribution in [2.75, 3.05) is 26.2 Å². The zero-order valence-electron chi connectivity index (χ0n) is 11.5. The van der Waals surface area contributed by atoms with Gasteiger partial charge in [-0.3, -0.25) is 9.69 Å². The van der Waals surface area contributed by atoms with Gasteiger partial charge in [-0.05, 0) is 26.3 Å². The van der Waals surface area contributed by atoms with Crippen molar-refractivity contribution in [2.24, 2.45) is 0 Å². The molecule has 1 fully saturated rings. The van der Waals surface area contributed by atoms with E-state index in [1.807, 2.05) is 6.92 Å². The van der Waals surface area contributed by atoms with Gasteiger partial charge in [0.25, 0.3) is 0 Å². The van der Waals surface area contributed by atoms with Crippen LogP contribution in [0, 0.1) is 0 Å². The Morgan fingerprint density at radius 2 is 2.18 bits per heavy atom. The Labute approximate surface area is 105 Å². The lowest BCUT2D eigenvalue weighted by atomic mass is 10.0. The fourth-order valence-corrected chi connectivity index (χ4v) is 2.31. The monoisotopic (exact) mass is 241 g/mol. The standard InChI is InChI=1S/C13H27N3O/c1-4-14-13(17)10-16-8-6-5-7-12(16)9-15-11(2)3/h11-12,15H,4-10H2,1-3H3,(H,14,17). The number of hydrogen-bond acceptors (Lipinski definition) is 3. The highest BCUT2D eigenvalue weighted by atomic mass is 16.2. The van der Waals surface area contributed by atoms with Crippen molar-refractivity contribution >= 4 is 5.91 Å². The maximum atomic E-state index is 11.6. The van der Waals surface area contributed by atoms with Crippen LogP contribution >= 0.6 is 0 Å². The van der Waals surface area contributed by atoms with Crippen molar-refractivity contribution in [1.29, 1.82) is 0 Å². The fourth-order valence-electron chi connectivity index (χ4n) is 2.31. The molecule has 0 aromatic carbocycles. The van der Waals surface area contributed by atoms with Gasteiger partial charge < -0.3 is 10.6 Å². The molecule has 4 heteroatoms. The third-order valence-electron chi connectivity index (χ3n) is 3.23. The number of nitrogens with one attached hydrogen (secondary N) is 2. The third kappa shape index (κ3) is 5.50. The zero-order chi connectivity index (χ0) is 12.7. The van der Waals surface area contributed by atoms with Gasteiger partial charge in [-0.2, -0.15) is 0 Å². The highest BCUT2D eigenvalue weighted by molar-refractivity contribution is 5.77. The maximum absolute atomic E-state index is 11.6. The average Bonchev–Trinajstić information content (AvgIpc) is 2.28. The van der Waals surface area contributed by atoms with E-state index in [0.717, 1.165) is 19.6 Å². The quantitative estimate of drug-likeness (QED) is 0.728. The molecule has 0 aliphatic carbocycles. The summed E-state index contributed by atoms with van der Waals surface area (Å²) in [5.74, 6) is 0.156. The molecule has 1 saturated heterocycles. The average molecular weight is 241 g/mol. The predicted octanol–water partition coefficient (Wildman–Crippen LogP) is 0.975. The van der Waals surface area contributed by atoms with Crippen LogP contribution in [-0.4, -0.2) is 49.1 Å². The Morgan fingerprint density at radius 1 is 1.41 bits per heavy atom. The van der Waals surface area contributed by atoms with Crippen LogP contribution in [0.4, 0.5) is 0 Å². The van der Waals surface area contributed by atoms with E-state index in [1.165, 1.54) is 19.3 Å². The Morgan fingerprint density at radius 3 is 2.82 bits per heavy atom. The van der Waals surface area contributed by atoms with Gasteiger partial charge in [-0.15, -0.1) is 0 Å². The van der Waals surface area contributed by atoms with Crippen molar-refractivity contribution in [3.63, 3.8) is 0 Å². The van der Waals surface area contributed by atoms with Crippen LogP contribution in [0.3, 0.4) is 0 Å². The number of carbonyl (C=O) groups is 1. The lowest BCUT2D eigenvalue weighted by Crippen LogP contribution is -2.50. The summed E-state index contributed by atoms with van der Waals surface area (Å²) in [5.41, 5.74) is 0. The normalized spacial score (nSPS) is 21.8. The molecule has 1 aliphatic rings. The molecule has 1 heterocycles. The minimum absolute atomic E-state index is 0.156. The van der Waals surface area contributed by atoms with E-state index in [2.05, 4.69) is 29.4 Å². The number of amides is 1. The highest BCUT2D eigenvalue weighted by Crippen LogP contribution is 2.16. The van der Waals surface area contributed by atoms with Crippen molar-refractivity contribution < 1.29 is 4.79 Å². The van der Waals surface area contributed by atoms with Crippen LogP contribution in [0.15, 0.2) is 0 Å². The van der Waals surface area contributed by atoms with Crippen LogP contribution in [0.2, 0.25) is 0 Å². The summed E-state index contributed by atoms with van der Waals surface area (Å²) < 4.78 is 0. The van der Waals surface area contributed by atoms with Crippen molar-refractivity contribution in [3.05, 3.63) is 0 Å². The first-order valence-electron chi connectivity index (χ1n) is 6.87. The molecule has 2 N–H and O–H groups in total. The first kappa shape index (κ1) is 14.5. The summed E-state index contributed by atoms with van der Waals surface area (Å²) in [6.07, 6.45) is 3.72. The number of nitrogens with zero attached hydrogens (tertiary/aromatic N) is 1. The molecule has 17 heavy (non-hydrogen) atoms. The Kier molecular flexibility index (Phi) is 6.52. The fraction of sp³-hybridized carbons (Fsp3) is 0.923. The molecule has 0 aromatic rings. The number of likely N-dealkylation sites (tertiary alicyclic amines) is 1. The zero-order valence-corrected chi connectivity index (χ0v) is 11.5. The van der Waals surface area contributed by atoms with Crippen LogP contribution < -0.4 is 10.6 Å². The number of piperidine rings is 1. The van der Waals surface area contributed by atoms with Gasteiger partial charge >= 0.3 is 0 Å². The van der Waals surface area contributed by atoms with Gasteiger partial charge in [-0.25, -0.2) is 0 Å². The lowest BCUT2D eigenvalue weighted by molar-refractivity contribution is -0.123. The summed E-state index contributed by atoms with van der Waals surface area (Å²) in [5, 5.41) is 6.35. The Hall–Kier alpha value is -0.610. The lowest BCUT2D eigenvalue weighted by Gasteiger charge is -2.35. The van der Waals surface area contributed by atoms with E-state index in [-0.39, 0.29) is 5.91 Å². The van der Waals surface area contributed by atoms with Crippen LogP contribution in [-0.2, 0) is 4.79 Å². The molecule has 1 amide bonds. The number of carbonyl (C=O) groups excluding carboxylic acids is 1. The Balaban J connectivity index is 2.39. The maximum Gasteiger partial charge on any atom is 0.234 e. The molecule has 4 nitrogen and oxygen atoms in total. The summed E-state index contributed by atoms with van der Waals surface area (Å²) in [6.45, 7) is 9.62. The van der Waals surface area contributed by atoms with E-state index >= 15 is 0 Å². The molecule has 0 spiro atoms. The smallest absolute Gasteiger partial charge is 0.234 e. The molecular formula is C13H27N3O. The minimum Gasteiger partial charge on any atom is -0.355 e. The van der Waals surface area contributed by atoms with Crippen molar-refractivity contribution in [2.45, 2.75) is 52.1 Å². The second-order valence-electron chi connectivity index (χ2n) is 5.14. The van der Waals surface area contributed by atoms with Gasteiger partial charge in [0.1, 0.15) is 0 Å². The molecular weight excluding hydrogens is 214 g/mol. The van der Waals surface area contributed by atoms with E-state index in [9.17, 15) is 4.79 Å². The topological polar surface area (TPSA) is 44.4 Å². The number of hydrogen-bond donors (Lipinski definition) is 2. The van der Waals surface area contributed by atoms with E-state index < -0.39 is 0 Å². The predicted molar refractivity (Wildman–Crippen MR) is 71.0 cm³/mol. The third-order valence-corrected chi connectivity index (χ3v) is 3.23. The van der Waals surface area contributed by atoms with Gasteiger partial charge in [0.2, 0.25) is 5.91 Å². The summed E-state index contributed by atoms with van der Waals surface area (Å²) >= 11 is 0. The Bertz CT molecular complexity index is 231. The SMILES string of the molecule is CCNC(=O)CN1CCCCC1CNC(C)C. The van der Waals surface area contributed by atoms with Gasteiger partial charge in [-0.1, -0.05) is 20.3 Å². The molecule has 0 aromatic heterocycles. The molecule has 0 radical (unpaired) electrons. The van der Waals surface area contributed by atoms with E-state index in [4.69, 9.17) is 0 Å². The minimum atomic E-state index is 0.156. The van der Waals surface area contributed by atoms with E-state index in [1.54, 1.807) is 0 Å². The molecule has 1 atom stereocenters. The van der Waals surface area contributed by atoms with Crippen LogP contribution in [0.5, 0.6) is 0 Å². The van der Waals surface area contributed by atoms with Crippen molar-refractivity contribution in [1.82, 2.24) is 15.5 Å². The molecule has 0 bridgehead atoms. The highest BCUT2D eigenvalue weighted by Gasteiger charge is 2.23. The van der Waals surface area contributed by atoms with Crippen LogP contribution in [0.1, 0.15) is 40.0 Å². The van der Waals surface area contributed by atoms with Crippen molar-refractivity contribution in [3.8, 4) is 0 Å². The largest absolute Gasteiger partial charge is 0.355 e. The van der Waals surface area contributed by atoms with E-state index in [0.29, 0.717) is 18.6 Å². The van der Waals surface area contributed by atoms with Gasteiger partial charge in [0.05, 0.1) is 6.54 Å². The first-order valence-corrected chi connectivity index (χ1v) is 6.87. The molecule has 1 rings (SSSR count). The number of likely N-dealkylation sites (N-methyl/N-ethyl adjacent to an activating group) is 1. The number of rotatable bonds is 6. The summed E-state index contributed by atoms with van der Waals surface area (Å²) in [6, 6.07) is 1.04. The second-order valence-corrected chi connectivity index (χ2v) is 5.14.